The number of ether oxygens (including phenoxy) is 1. The third-order valence-corrected chi connectivity index (χ3v) is 6.30. The van der Waals surface area contributed by atoms with Crippen LogP contribution in [0.4, 0.5) is 0 Å². The van der Waals surface area contributed by atoms with Crippen LogP contribution in [0.2, 0.25) is 5.02 Å². The quantitative estimate of drug-likeness (QED) is 0.451. The molecule has 2 aliphatic rings. The predicted octanol–water partition coefficient (Wildman–Crippen LogP) is 4.63. The van der Waals surface area contributed by atoms with Gasteiger partial charge in [0.25, 0.3) is 0 Å². The largest absolute Gasteiger partial charge is 0.379 e. The normalized spacial score (nSPS) is 17.6. The van der Waals surface area contributed by atoms with Crippen molar-refractivity contribution < 1.29 is 4.74 Å². The highest BCUT2D eigenvalue weighted by Crippen LogP contribution is 2.19. The topological polar surface area (TPSA) is 27.7 Å². The molecule has 0 aromatic heterocycles. The number of halogens is 1. The zero-order chi connectivity index (χ0) is 20.3. The van der Waals surface area contributed by atoms with E-state index in [4.69, 9.17) is 28.6 Å². The minimum Gasteiger partial charge on any atom is -0.379 e. The van der Waals surface area contributed by atoms with Gasteiger partial charge in [0.1, 0.15) is 0 Å². The standard InChI is InChI=1S/C23H34ClN3OS/c24-22-9-4-8-21(18-22)19-27(13-5-12-26-14-16-28-17-15-26)23(29)25-11-10-20-6-2-1-3-7-20/h4,6,8-9,18H,1-3,5,7,10-17,19H2,(H,25,29). The predicted molar refractivity (Wildman–Crippen MR) is 126 cm³/mol. The van der Waals surface area contributed by atoms with Crippen molar-refractivity contribution in [3.63, 3.8) is 0 Å². The van der Waals surface area contributed by atoms with Gasteiger partial charge in [-0.3, -0.25) is 4.90 Å². The average molecular weight is 436 g/mol. The van der Waals surface area contributed by atoms with Gasteiger partial charge in [0, 0.05) is 44.3 Å². The number of nitrogens with one attached hydrogen (secondary N) is 1. The molecule has 3 rings (SSSR count). The van der Waals surface area contributed by atoms with E-state index >= 15 is 0 Å². The second-order valence-corrected chi connectivity index (χ2v) is 8.77. The van der Waals surface area contributed by atoms with Crippen LogP contribution in [-0.4, -0.2) is 60.8 Å². The molecule has 1 N–H and O–H groups in total. The number of morpholine rings is 1. The summed E-state index contributed by atoms with van der Waals surface area (Å²) in [5, 5.41) is 5.13. The molecule has 0 spiro atoms. The smallest absolute Gasteiger partial charge is 0.169 e. The molecule has 1 aromatic carbocycles. The van der Waals surface area contributed by atoms with Crippen LogP contribution in [0, 0.1) is 0 Å². The highest BCUT2D eigenvalue weighted by molar-refractivity contribution is 7.80. The Kier molecular flexibility index (Phi) is 9.74. The Hall–Kier alpha value is -1.14. The Bertz CT molecular complexity index is 676. The van der Waals surface area contributed by atoms with E-state index in [1.165, 1.54) is 31.2 Å². The van der Waals surface area contributed by atoms with Crippen molar-refractivity contribution in [2.45, 2.75) is 45.1 Å². The van der Waals surface area contributed by atoms with Gasteiger partial charge < -0.3 is 15.0 Å². The molecule has 1 fully saturated rings. The van der Waals surface area contributed by atoms with E-state index in [0.29, 0.717) is 0 Å². The number of hydrogen-bond acceptors (Lipinski definition) is 3. The van der Waals surface area contributed by atoms with Crippen LogP contribution in [0.1, 0.15) is 44.1 Å². The van der Waals surface area contributed by atoms with Crippen molar-refractivity contribution in [2.75, 3.05) is 45.9 Å². The maximum Gasteiger partial charge on any atom is 0.169 e. The molecular weight excluding hydrogens is 402 g/mol. The van der Waals surface area contributed by atoms with Gasteiger partial charge in [-0.1, -0.05) is 35.4 Å². The molecule has 1 saturated heterocycles. The first-order valence-electron chi connectivity index (χ1n) is 11.0. The number of rotatable bonds is 9. The highest BCUT2D eigenvalue weighted by atomic mass is 35.5. The number of thiocarbonyl (C=S) groups is 1. The molecular formula is C23H34ClN3OS. The monoisotopic (exact) mass is 435 g/mol. The number of nitrogens with zero attached hydrogens (tertiary/aromatic N) is 2. The molecule has 1 aliphatic heterocycles. The first kappa shape index (κ1) is 22.5. The third-order valence-electron chi connectivity index (χ3n) is 5.66. The summed E-state index contributed by atoms with van der Waals surface area (Å²) in [6.45, 7) is 7.50. The molecule has 160 valence electrons. The van der Waals surface area contributed by atoms with Crippen LogP contribution in [0.25, 0.3) is 0 Å². The minimum atomic E-state index is 0.777. The number of hydrogen-bond donors (Lipinski definition) is 1. The van der Waals surface area contributed by atoms with E-state index in [9.17, 15) is 0 Å². The Labute approximate surface area is 186 Å². The Morgan fingerprint density at radius 1 is 1.24 bits per heavy atom. The molecule has 0 atom stereocenters. The van der Waals surface area contributed by atoms with E-state index in [2.05, 4.69) is 27.3 Å². The summed E-state index contributed by atoms with van der Waals surface area (Å²) >= 11 is 12.0. The van der Waals surface area contributed by atoms with Crippen LogP contribution >= 0.6 is 23.8 Å². The van der Waals surface area contributed by atoms with Crippen molar-refractivity contribution in [2.24, 2.45) is 0 Å². The lowest BCUT2D eigenvalue weighted by molar-refractivity contribution is 0.0367. The SMILES string of the molecule is S=C(NCCC1=CCCCC1)N(CCCN1CCOCC1)Cc1cccc(Cl)c1. The average Bonchev–Trinajstić information content (AvgIpc) is 2.74. The third kappa shape index (κ3) is 8.25. The summed E-state index contributed by atoms with van der Waals surface area (Å²) in [6.07, 6.45) is 9.76. The van der Waals surface area contributed by atoms with Crippen LogP contribution in [0.5, 0.6) is 0 Å². The minimum absolute atomic E-state index is 0.777. The fourth-order valence-electron chi connectivity index (χ4n) is 3.99. The zero-order valence-electron chi connectivity index (χ0n) is 17.4. The summed E-state index contributed by atoms with van der Waals surface area (Å²) in [6, 6.07) is 8.08. The summed E-state index contributed by atoms with van der Waals surface area (Å²) in [4.78, 5) is 4.77. The Morgan fingerprint density at radius 3 is 2.86 bits per heavy atom. The summed E-state index contributed by atoms with van der Waals surface area (Å²) < 4.78 is 5.45. The van der Waals surface area contributed by atoms with Crippen LogP contribution < -0.4 is 5.32 Å². The van der Waals surface area contributed by atoms with Crippen molar-refractivity contribution in [3.05, 3.63) is 46.5 Å². The van der Waals surface area contributed by atoms with Gasteiger partial charge in [0.05, 0.1) is 13.2 Å². The van der Waals surface area contributed by atoms with Gasteiger partial charge in [-0.05, 0) is 68.4 Å². The van der Waals surface area contributed by atoms with E-state index in [1.807, 2.05) is 18.2 Å². The highest BCUT2D eigenvalue weighted by Gasteiger charge is 2.14. The van der Waals surface area contributed by atoms with E-state index in [-0.39, 0.29) is 0 Å². The number of benzene rings is 1. The molecule has 6 heteroatoms. The lowest BCUT2D eigenvalue weighted by Crippen LogP contribution is -2.42. The first-order chi connectivity index (χ1) is 14.2. The Balaban J connectivity index is 1.50. The molecule has 4 nitrogen and oxygen atoms in total. The van der Waals surface area contributed by atoms with Gasteiger partial charge in [-0.2, -0.15) is 0 Å². The second kappa shape index (κ2) is 12.5. The fraction of sp³-hybridized carbons (Fsp3) is 0.609. The summed E-state index contributed by atoms with van der Waals surface area (Å²) in [7, 11) is 0. The molecule has 1 aromatic rings. The molecule has 0 saturated carbocycles. The molecule has 29 heavy (non-hydrogen) atoms. The van der Waals surface area contributed by atoms with Gasteiger partial charge in [0.2, 0.25) is 0 Å². The van der Waals surface area contributed by atoms with Gasteiger partial charge in [0.15, 0.2) is 5.11 Å². The van der Waals surface area contributed by atoms with Crippen LogP contribution in [0.3, 0.4) is 0 Å². The lowest BCUT2D eigenvalue weighted by atomic mass is 9.97. The molecule has 0 amide bonds. The zero-order valence-corrected chi connectivity index (χ0v) is 18.9. The molecule has 0 unspecified atom stereocenters. The maximum atomic E-state index is 6.19. The molecule has 1 aliphatic carbocycles. The van der Waals surface area contributed by atoms with Crippen molar-refractivity contribution in [1.82, 2.24) is 15.1 Å². The molecule has 0 radical (unpaired) electrons. The van der Waals surface area contributed by atoms with Gasteiger partial charge in [-0.15, -0.1) is 0 Å². The number of allylic oxidation sites excluding steroid dienone is 1. The van der Waals surface area contributed by atoms with Crippen molar-refractivity contribution in [3.8, 4) is 0 Å². The fourth-order valence-corrected chi connectivity index (χ4v) is 4.46. The van der Waals surface area contributed by atoms with E-state index < -0.39 is 0 Å². The molecule has 1 heterocycles. The van der Waals surface area contributed by atoms with Crippen molar-refractivity contribution >= 4 is 28.9 Å². The van der Waals surface area contributed by atoms with E-state index in [0.717, 1.165) is 75.5 Å². The first-order valence-corrected chi connectivity index (χ1v) is 11.7. The summed E-state index contributed by atoms with van der Waals surface area (Å²) in [5.41, 5.74) is 2.78. The lowest BCUT2D eigenvalue weighted by Gasteiger charge is -2.30. The van der Waals surface area contributed by atoms with Crippen LogP contribution in [-0.2, 0) is 11.3 Å². The Morgan fingerprint density at radius 2 is 2.10 bits per heavy atom. The molecule has 0 bridgehead atoms. The summed E-state index contributed by atoms with van der Waals surface area (Å²) in [5.74, 6) is 0. The van der Waals surface area contributed by atoms with E-state index in [1.54, 1.807) is 5.57 Å². The van der Waals surface area contributed by atoms with Gasteiger partial charge >= 0.3 is 0 Å². The maximum absolute atomic E-state index is 6.19. The second-order valence-electron chi connectivity index (χ2n) is 7.95. The van der Waals surface area contributed by atoms with Gasteiger partial charge in [-0.25, -0.2) is 0 Å². The van der Waals surface area contributed by atoms with Crippen LogP contribution in [0.15, 0.2) is 35.9 Å². The van der Waals surface area contributed by atoms with Crippen molar-refractivity contribution in [1.29, 1.82) is 0 Å².